The molecule has 0 bridgehead atoms. The van der Waals surface area contributed by atoms with E-state index in [2.05, 4.69) is 51.8 Å². The number of likely N-dealkylation sites (tertiary alicyclic amines) is 1. The summed E-state index contributed by atoms with van der Waals surface area (Å²) < 4.78 is 0. The van der Waals surface area contributed by atoms with Crippen LogP contribution in [-0.4, -0.2) is 34.6 Å². The molecular weight excluding hydrogens is 374 g/mol. The Balaban J connectivity index is 1.45. The Kier molecular flexibility index (Phi) is 7.73. The first-order valence-electron chi connectivity index (χ1n) is 9.64. The predicted octanol–water partition coefficient (Wildman–Crippen LogP) is 4.23. The number of hydrogen-bond donors (Lipinski definition) is 1. The van der Waals surface area contributed by atoms with E-state index in [0.717, 1.165) is 28.9 Å². The molecule has 0 saturated carbocycles. The summed E-state index contributed by atoms with van der Waals surface area (Å²) in [6.07, 6.45) is 2.63. The van der Waals surface area contributed by atoms with Gasteiger partial charge < -0.3 is 5.32 Å². The Bertz CT molecular complexity index is 747. The number of nitrogens with one attached hydrogen (secondary N) is 1. The van der Waals surface area contributed by atoms with Crippen LogP contribution in [0.2, 0.25) is 0 Å². The highest BCUT2D eigenvalue weighted by Gasteiger charge is 2.17. The molecule has 2 heterocycles. The van der Waals surface area contributed by atoms with E-state index in [0.29, 0.717) is 12.3 Å². The van der Waals surface area contributed by atoms with E-state index < -0.39 is 0 Å². The minimum atomic E-state index is 0.0911. The zero-order valence-corrected chi connectivity index (χ0v) is 17.9. The van der Waals surface area contributed by atoms with Crippen molar-refractivity contribution < 1.29 is 4.79 Å². The lowest BCUT2D eigenvalue weighted by Crippen LogP contribution is -2.34. The second-order valence-corrected chi connectivity index (χ2v) is 9.43. The number of thioether (sulfide) groups is 1. The molecule has 6 heteroatoms. The standard InChI is InChI=1S/C21H29N3OS2/c1-16-6-5-9-24(11-16)12-19-8-4-3-7-18(19)10-22-21(25)15-26-13-20-14-27-17(2)23-20/h3-4,7-8,14,16H,5-6,9-13,15H2,1-2H3,(H,22,25)/t16-/m1/s1. The molecule has 1 aliphatic heterocycles. The number of nitrogens with zero attached hydrogens (tertiary/aromatic N) is 2. The molecule has 1 N–H and O–H groups in total. The fourth-order valence-electron chi connectivity index (χ4n) is 3.52. The Morgan fingerprint density at radius 1 is 1.37 bits per heavy atom. The van der Waals surface area contributed by atoms with Crippen LogP contribution in [0.25, 0.3) is 0 Å². The summed E-state index contributed by atoms with van der Waals surface area (Å²) >= 11 is 3.28. The van der Waals surface area contributed by atoms with Crippen LogP contribution in [0.3, 0.4) is 0 Å². The van der Waals surface area contributed by atoms with E-state index in [9.17, 15) is 4.79 Å². The molecule has 1 fully saturated rings. The van der Waals surface area contributed by atoms with Crippen LogP contribution in [0, 0.1) is 12.8 Å². The Hall–Kier alpha value is -1.37. The first-order chi connectivity index (χ1) is 13.1. The lowest BCUT2D eigenvalue weighted by atomic mass is 9.99. The van der Waals surface area contributed by atoms with Gasteiger partial charge in [0, 0.05) is 30.8 Å². The number of benzene rings is 1. The summed E-state index contributed by atoms with van der Waals surface area (Å²) in [5.74, 6) is 2.14. The van der Waals surface area contributed by atoms with Gasteiger partial charge in [-0.15, -0.1) is 23.1 Å². The number of piperidine rings is 1. The van der Waals surface area contributed by atoms with Crippen molar-refractivity contribution >= 4 is 29.0 Å². The van der Waals surface area contributed by atoms with Gasteiger partial charge in [-0.2, -0.15) is 0 Å². The monoisotopic (exact) mass is 403 g/mol. The minimum Gasteiger partial charge on any atom is -0.351 e. The second-order valence-electron chi connectivity index (χ2n) is 7.38. The molecule has 0 unspecified atom stereocenters. The smallest absolute Gasteiger partial charge is 0.230 e. The molecule has 0 aliphatic carbocycles. The highest BCUT2D eigenvalue weighted by atomic mass is 32.2. The number of thiazole rings is 1. The predicted molar refractivity (Wildman–Crippen MR) is 115 cm³/mol. The van der Waals surface area contributed by atoms with E-state index in [1.807, 2.05) is 6.92 Å². The number of aryl methyl sites for hydroxylation is 1. The average molecular weight is 404 g/mol. The number of amides is 1. The van der Waals surface area contributed by atoms with Crippen molar-refractivity contribution in [1.82, 2.24) is 15.2 Å². The summed E-state index contributed by atoms with van der Waals surface area (Å²) in [4.78, 5) is 19.2. The molecule has 4 nitrogen and oxygen atoms in total. The number of rotatable bonds is 8. The molecule has 1 saturated heterocycles. The van der Waals surface area contributed by atoms with Crippen molar-refractivity contribution in [1.29, 1.82) is 0 Å². The lowest BCUT2D eigenvalue weighted by Gasteiger charge is -2.31. The van der Waals surface area contributed by atoms with E-state index in [1.165, 1.54) is 37.1 Å². The molecule has 1 amide bonds. The molecule has 0 radical (unpaired) electrons. The van der Waals surface area contributed by atoms with Crippen LogP contribution in [0.5, 0.6) is 0 Å². The van der Waals surface area contributed by atoms with Gasteiger partial charge in [-0.25, -0.2) is 4.98 Å². The Morgan fingerprint density at radius 3 is 2.93 bits per heavy atom. The van der Waals surface area contributed by atoms with E-state index in [1.54, 1.807) is 23.1 Å². The fourth-order valence-corrected chi connectivity index (χ4v) is 4.99. The van der Waals surface area contributed by atoms with Crippen molar-refractivity contribution in [2.24, 2.45) is 5.92 Å². The third-order valence-electron chi connectivity index (χ3n) is 4.88. The maximum absolute atomic E-state index is 12.2. The van der Waals surface area contributed by atoms with Gasteiger partial charge in [-0.1, -0.05) is 31.2 Å². The molecule has 146 valence electrons. The quantitative estimate of drug-likeness (QED) is 0.716. The summed E-state index contributed by atoms with van der Waals surface area (Å²) in [6, 6.07) is 8.48. The molecule has 1 aromatic heterocycles. The number of hydrogen-bond acceptors (Lipinski definition) is 5. The minimum absolute atomic E-state index is 0.0911. The van der Waals surface area contributed by atoms with Crippen molar-refractivity contribution in [2.75, 3.05) is 18.8 Å². The summed E-state index contributed by atoms with van der Waals surface area (Å²) in [5, 5.41) is 6.23. The van der Waals surface area contributed by atoms with Gasteiger partial charge in [0.2, 0.25) is 5.91 Å². The van der Waals surface area contributed by atoms with Crippen LogP contribution >= 0.6 is 23.1 Å². The van der Waals surface area contributed by atoms with E-state index in [-0.39, 0.29) is 5.91 Å². The lowest BCUT2D eigenvalue weighted by molar-refractivity contribution is -0.118. The van der Waals surface area contributed by atoms with Crippen LogP contribution in [0.4, 0.5) is 0 Å². The summed E-state index contributed by atoms with van der Waals surface area (Å²) in [7, 11) is 0. The molecule has 27 heavy (non-hydrogen) atoms. The maximum Gasteiger partial charge on any atom is 0.230 e. The second kappa shape index (κ2) is 10.2. The number of carbonyl (C=O) groups excluding carboxylic acids is 1. The zero-order valence-electron chi connectivity index (χ0n) is 16.2. The van der Waals surface area contributed by atoms with Gasteiger partial charge in [0.15, 0.2) is 0 Å². The van der Waals surface area contributed by atoms with Gasteiger partial charge in [0.05, 0.1) is 16.5 Å². The third kappa shape index (κ3) is 6.63. The van der Waals surface area contributed by atoms with Gasteiger partial charge in [0.1, 0.15) is 0 Å². The first kappa shape index (κ1) is 20.4. The third-order valence-corrected chi connectivity index (χ3v) is 6.67. The number of carbonyl (C=O) groups is 1. The molecule has 1 atom stereocenters. The molecule has 1 aliphatic rings. The van der Waals surface area contributed by atoms with Crippen LogP contribution in [0.1, 0.15) is 41.6 Å². The van der Waals surface area contributed by atoms with Crippen molar-refractivity contribution in [3.8, 4) is 0 Å². The largest absolute Gasteiger partial charge is 0.351 e. The Labute approximate surface area is 170 Å². The zero-order chi connectivity index (χ0) is 19.1. The number of aromatic nitrogens is 1. The summed E-state index contributed by atoms with van der Waals surface area (Å²) in [5.41, 5.74) is 3.62. The topological polar surface area (TPSA) is 45.2 Å². The fraction of sp³-hybridized carbons (Fsp3) is 0.524. The van der Waals surface area contributed by atoms with E-state index >= 15 is 0 Å². The van der Waals surface area contributed by atoms with Crippen LogP contribution in [0.15, 0.2) is 29.6 Å². The SMILES string of the molecule is Cc1nc(CSCC(=O)NCc2ccccc2CN2CCC[C@@H](C)C2)cs1. The van der Waals surface area contributed by atoms with Gasteiger partial charge in [-0.3, -0.25) is 9.69 Å². The highest BCUT2D eigenvalue weighted by Crippen LogP contribution is 2.20. The van der Waals surface area contributed by atoms with Crippen molar-refractivity contribution in [3.05, 3.63) is 51.5 Å². The van der Waals surface area contributed by atoms with Crippen LogP contribution in [-0.2, 0) is 23.6 Å². The first-order valence-corrected chi connectivity index (χ1v) is 11.7. The molecule has 2 aromatic rings. The molecule has 1 aromatic carbocycles. The normalized spacial score (nSPS) is 17.8. The van der Waals surface area contributed by atoms with Gasteiger partial charge >= 0.3 is 0 Å². The molecule has 0 spiro atoms. The highest BCUT2D eigenvalue weighted by molar-refractivity contribution is 7.99. The van der Waals surface area contributed by atoms with Gasteiger partial charge in [0.25, 0.3) is 0 Å². The van der Waals surface area contributed by atoms with Crippen LogP contribution < -0.4 is 5.32 Å². The van der Waals surface area contributed by atoms with Gasteiger partial charge in [-0.05, 0) is 43.4 Å². The summed E-state index contributed by atoms with van der Waals surface area (Å²) in [6.45, 7) is 8.28. The molecular formula is C21H29N3OS2. The Morgan fingerprint density at radius 2 is 2.19 bits per heavy atom. The average Bonchev–Trinajstić information content (AvgIpc) is 3.06. The van der Waals surface area contributed by atoms with E-state index in [4.69, 9.17) is 0 Å². The van der Waals surface area contributed by atoms with Crippen molar-refractivity contribution in [3.63, 3.8) is 0 Å². The van der Waals surface area contributed by atoms with Crippen molar-refractivity contribution in [2.45, 2.75) is 45.5 Å². The maximum atomic E-state index is 12.2. The molecule has 3 rings (SSSR count).